The zero-order valence-corrected chi connectivity index (χ0v) is 10.2. The predicted molar refractivity (Wildman–Crippen MR) is 62.9 cm³/mol. The second kappa shape index (κ2) is 5.31. The van der Waals surface area contributed by atoms with Crippen molar-refractivity contribution in [2.75, 3.05) is 13.2 Å². The van der Waals surface area contributed by atoms with Gasteiger partial charge in [-0.25, -0.2) is 0 Å². The Kier molecular flexibility index (Phi) is 4.04. The number of rotatable bonds is 4. The third-order valence-electron chi connectivity index (χ3n) is 4.03. The summed E-state index contributed by atoms with van der Waals surface area (Å²) in [5, 5.41) is 3.65. The van der Waals surface area contributed by atoms with Crippen LogP contribution in [0.15, 0.2) is 0 Å². The van der Waals surface area contributed by atoms with E-state index in [-0.39, 0.29) is 0 Å². The lowest BCUT2D eigenvalue weighted by molar-refractivity contribution is 0.0110. The fraction of sp³-hybridized carbons (Fsp3) is 1.00. The van der Waals surface area contributed by atoms with Gasteiger partial charge in [0.25, 0.3) is 0 Å². The summed E-state index contributed by atoms with van der Waals surface area (Å²) in [6, 6.07) is 0.780. The SMILES string of the molecule is CC(C)C1CC(NCC2CCCCO2)C1. The van der Waals surface area contributed by atoms with E-state index in [0.29, 0.717) is 6.10 Å². The fourth-order valence-electron chi connectivity index (χ4n) is 2.64. The predicted octanol–water partition coefficient (Wildman–Crippen LogP) is 2.58. The average molecular weight is 211 g/mol. The van der Waals surface area contributed by atoms with E-state index in [0.717, 1.165) is 31.0 Å². The summed E-state index contributed by atoms with van der Waals surface area (Å²) in [5.41, 5.74) is 0. The van der Waals surface area contributed by atoms with E-state index in [1.165, 1.54) is 32.1 Å². The highest BCUT2D eigenvalue weighted by atomic mass is 16.5. The van der Waals surface area contributed by atoms with Crippen LogP contribution in [0.2, 0.25) is 0 Å². The smallest absolute Gasteiger partial charge is 0.0699 e. The maximum atomic E-state index is 5.71. The molecule has 2 fully saturated rings. The van der Waals surface area contributed by atoms with Crippen molar-refractivity contribution in [3.63, 3.8) is 0 Å². The summed E-state index contributed by atoms with van der Waals surface area (Å²) < 4.78 is 5.71. The molecule has 2 rings (SSSR count). The van der Waals surface area contributed by atoms with Gasteiger partial charge in [0.05, 0.1) is 6.10 Å². The van der Waals surface area contributed by atoms with Crippen LogP contribution in [0.5, 0.6) is 0 Å². The molecular formula is C13H25NO. The van der Waals surface area contributed by atoms with Crippen molar-refractivity contribution in [3.8, 4) is 0 Å². The molecule has 2 heteroatoms. The van der Waals surface area contributed by atoms with Gasteiger partial charge in [-0.2, -0.15) is 0 Å². The second-order valence-electron chi connectivity index (χ2n) is 5.57. The van der Waals surface area contributed by atoms with Gasteiger partial charge < -0.3 is 10.1 Å². The molecule has 1 saturated carbocycles. The van der Waals surface area contributed by atoms with Gasteiger partial charge in [-0.05, 0) is 43.9 Å². The number of hydrogen-bond acceptors (Lipinski definition) is 2. The molecule has 1 unspecified atom stereocenters. The molecule has 0 aromatic carbocycles. The van der Waals surface area contributed by atoms with Crippen LogP contribution in [0.1, 0.15) is 46.0 Å². The van der Waals surface area contributed by atoms with Crippen molar-refractivity contribution in [2.45, 2.75) is 58.1 Å². The second-order valence-corrected chi connectivity index (χ2v) is 5.57. The number of nitrogens with one attached hydrogen (secondary N) is 1. The lowest BCUT2D eigenvalue weighted by Gasteiger charge is -2.39. The van der Waals surface area contributed by atoms with E-state index < -0.39 is 0 Å². The van der Waals surface area contributed by atoms with Gasteiger partial charge in [-0.3, -0.25) is 0 Å². The van der Waals surface area contributed by atoms with E-state index in [2.05, 4.69) is 19.2 Å². The quantitative estimate of drug-likeness (QED) is 0.771. The van der Waals surface area contributed by atoms with Crippen LogP contribution in [0, 0.1) is 11.8 Å². The Morgan fingerprint density at radius 3 is 2.67 bits per heavy atom. The molecule has 1 aliphatic carbocycles. The molecule has 0 aromatic heterocycles. The van der Waals surface area contributed by atoms with Crippen LogP contribution in [0.4, 0.5) is 0 Å². The minimum atomic E-state index is 0.497. The monoisotopic (exact) mass is 211 g/mol. The Balaban J connectivity index is 1.55. The fourth-order valence-corrected chi connectivity index (χ4v) is 2.64. The molecule has 0 spiro atoms. The lowest BCUT2D eigenvalue weighted by atomic mass is 9.73. The largest absolute Gasteiger partial charge is 0.377 e. The summed E-state index contributed by atoms with van der Waals surface area (Å²) in [4.78, 5) is 0. The van der Waals surface area contributed by atoms with Crippen LogP contribution >= 0.6 is 0 Å². The zero-order chi connectivity index (χ0) is 10.7. The van der Waals surface area contributed by atoms with Crippen LogP contribution < -0.4 is 5.32 Å². The van der Waals surface area contributed by atoms with E-state index in [1.54, 1.807) is 0 Å². The number of ether oxygens (including phenoxy) is 1. The normalized spacial score (nSPS) is 36.6. The van der Waals surface area contributed by atoms with Gasteiger partial charge in [0.15, 0.2) is 0 Å². The molecule has 1 aliphatic heterocycles. The van der Waals surface area contributed by atoms with Crippen molar-refractivity contribution in [1.82, 2.24) is 5.32 Å². The highest BCUT2D eigenvalue weighted by molar-refractivity contribution is 4.87. The van der Waals surface area contributed by atoms with Gasteiger partial charge in [0.2, 0.25) is 0 Å². The first-order valence-corrected chi connectivity index (χ1v) is 6.60. The van der Waals surface area contributed by atoms with E-state index in [4.69, 9.17) is 4.74 Å². The molecule has 1 heterocycles. The highest BCUT2D eigenvalue weighted by Gasteiger charge is 2.31. The minimum absolute atomic E-state index is 0.497. The molecule has 1 atom stereocenters. The standard InChI is InChI=1S/C13H25NO/c1-10(2)11-7-12(8-11)14-9-13-5-3-4-6-15-13/h10-14H,3-9H2,1-2H3. The third-order valence-corrected chi connectivity index (χ3v) is 4.03. The van der Waals surface area contributed by atoms with Crippen molar-refractivity contribution in [3.05, 3.63) is 0 Å². The Bertz CT molecular complexity index is 181. The number of hydrogen-bond donors (Lipinski definition) is 1. The summed E-state index contributed by atoms with van der Waals surface area (Å²) in [5.74, 6) is 1.84. The molecule has 88 valence electrons. The molecule has 0 amide bonds. The summed E-state index contributed by atoms with van der Waals surface area (Å²) in [6.45, 7) is 6.73. The van der Waals surface area contributed by atoms with Crippen LogP contribution in [0.3, 0.4) is 0 Å². The Morgan fingerprint density at radius 1 is 1.27 bits per heavy atom. The molecule has 2 nitrogen and oxygen atoms in total. The summed E-state index contributed by atoms with van der Waals surface area (Å²) in [7, 11) is 0. The molecule has 1 N–H and O–H groups in total. The first kappa shape index (κ1) is 11.4. The topological polar surface area (TPSA) is 21.3 Å². The molecule has 2 aliphatic rings. The summed E-state index contributed by atoms with van der Waals surface area (Å²) >= 11 is 0. The third kappa shape index (κ3) is 3.18. The molecule has 15 heavy (non-hydrogen) atoms. The minimum Gasteiger partial charge on any atom is -0.377 e. The highest BCUT2D eigenvalue weighted by Crippen LogP contribution is 2.33. The Hall–Kier alpha value is -0.0800. The van der Waals surface area contributed by atoms with Gasteiger partial charge in [0, 0.05) is 19.2 Å². The van der Waals surface area contributed by atoms with Crippen molar-refractivity contribution in [1.29, 1.82) is 0 Å². The van der Waals surface area contributed by atoms with Crippen LogP contribution in [0.25, 0.3) is 0 Å². The van der Waals surface area contributed by atoms with Crippen LogP contribution in [-0.2, 0) is 4.74 Å². The average Bonchev–Trinajstić information content (AvgIpc) is 2.16. The van der Waals surface area contributed by atoms with Gasteiger partial charge in [-0.1, -0.05) is 13.8 Å². The van der Waals surface area contributed by atoms with E-state index in [9.17, 15) is 0 Å². The van der Waals surface area contributed by atoms with Crippen molar-refractivity contribution >= 4 is 0 Å². The molecular weight excluding hydrogens is 186 g/mol. The Morgan fingerprint density at radius 2 is 2.07 bits per heavy atom. The molecule has 0 bridgehead atoms. The maximum Gasteiger partial charge on any atom is 0.0699 e. The summed E-state index contributed by atoms with van der Waals surface area (Å²) in [6.07, 6.45) is 7.13. The van der Waals surface area contributed by atoms with Gasteiger partial charge in [0.1, 0.15) is 0 Å². The molecule has 1 saturated heterocycles. The van der Waals surface area contributed by atoms with E-state index in [1.807, 2.05) is 0 Å². The zero-order valence-electron chi connectivity index (χ0n) is 10.2. The Labute approximate surface area is 93.8 Å². The van der Waals surface area contributed by atoms with Gasteiger partial charge >= 0.3 is 0 Å². The first-order chi connectivity index (χ1) is 7.25. The van der Waals surface area contributed by atoms with Gasteiger partial charge in [-0.15, -0.1) is 0 Å². The van der Waals surface area contributed by atoms with Crippen LogP contribution in [-0.4, -0.2) is 25.3 Å². The van der Waals surface area contributed by atoms with Crippen molar-refractivity contribution < 1.29 is 4.74 Å². The maximum absolute atomic E-state index is 5.71. The first-order valence-electron chi connectivity index (χ1n) is 6.60. The van der Waals surface area contributed by atoms with E-state index >= 15 is 0 Å². The van der Waals surface area contributed by atoms with Crippen molar-refractivity contribution in [2.24, 2.45) is 11.8 Å². The molecule has 0 radical (unpaired) electrons. The lowest BCUT2D eigenvalue weighted by Crippen LogP contribution is -2.46. The molecule has 0 aromatic rings.